The van der Waals surface area contributed by atoms with Crippen LogP contribution in [0.4, 0.5) is 24.8 Å². The van der Waals surface area contributed by atoms with Gasteiger partial charge < -0.3 is 20.6 Å². The summed E-state index contributed by atoms with van der Waals surface area (Å²) in [6, 6.07) is 1.82. The lowest BCUT2D eigenvalue weighted by atomic mass is 10.1. The number of hydrogen-bond donors (Lipinski definition) is 3. The molecule has 2 amide bonds. The van der Waals surface area contributed by atoms with Crippen molar-refractivity contribution in [3.8, 4) is 0 Å². The highest BCUT2D eigenvalue weighted by molar-refractivity contribution is 7.13. The van der Waals surface area contributed by atoms with Crippen molar-refractivity contribution in [3.63, 3.8) is 0 Å². The number of aromatic nitrogens is 4. The van der Waals surface area contributed by atoms with E-state index in [0.717, 1.165) is 36.7 Å². The molecule has 3 N–H and O–H groups in total. The highest BCUT2D eigenvalue weighted by Crippen LogP contribution is 2.33. The normalized spacial score (nSPS) is 15.2. The standard InChI is InChI=1S/C24H27F3N8O3S/c1-14-11-28-19(9-16(14)24(25,26)27)33-22(38)18-12-29-23(39-18)15(2)32-21(37)17-10-20(31-13-30-17)35-5-3-34(4-6-35)7-8-36/h9-13,15,36H,3-8H2,1-2H3,(H,32,37)(H,28,33,38). The Balaban J connectivity index is 1.37. The van der Waals surface area contributed by atoms with Gasteiger partial charge in [-0.05, 0) is 25.5 Å². The van der Waals surface area contributed by atoms with Crippen LogP contribution in [0.25, 0.3) is 0 Å². The first-order chi connectivity index (χ1) is 18.5. The minimum atomic E-state index is -4.57. The Morgan fingerprint density at radius 1 is 1.08 bits per heavy atom. The average Bonchev–Trinajstić information content (AvgIpc) is 3.41. The second kappa shape index (κ2) is 12.0. The van der Waals surface area contributed by atoms with Crippen LogP contribution in [0.15, 0.2) is 30.9 Å². The van der Waals surface area contributed by atoms with Gasteiger partial charge in [-0.1, -0.05) is 0 Å². The summed E-state index contributed by atoms with van der Waals surface area (Å²) in [7, 11) is 0. The monoisotopic (exact) mass is 564 g/mol. The fourth-order valence-corrected chi connectivity index (χ4v) is 4.80. The molecule has 1 saturated heterocycles. The van der Waals surface area contributed by atoms with E-state index in [4.69, 9.17) is 5.11 Å². The van der Waals surface area contributed by atoms with Crippen molar-refractivity contribution in [1.82, 2.24) is 30.2 Å². The van der Waals surface area contributed by atoms with Crippen LogP contribution in [0.3, 0.4) is 0 Å². The number of halogens is 3. The first-order valence-electron chi connectivity index (χ1n) is 12.1. The van der Waals surface area contributed by atoms with Crippen LogP contribution in [0.5, 0.6) is 0 Å². The summed E-state index contributed by atoms with van der Waals surface area (Å²) in [6.45, 7) is 6.65. The molecule has 0 spiro atoms. The third-order valence-corrected chi connectivity index (χ3v) is 7.29. The van der Waals surface area contributed by atoms with Crippen molar-refractivity contribution in [2.75, 3.05) is 49.5 Å². The van der Waals surface area contributed by atoms with Gasteiger partial charge in [0.2, 0.25) is 0 Å². The van der Waals surface area contributed by atoms with E-state index >= 15 is 0 Å². The maximum absolute atomic E-state index is 13.2. The molecule has 208 valence electrons. The molecule has 0 radical (unpaired) electrons. The van der Waals surface area contributed by atoms with E-state index in [1.54, 1.807) is 13.0 Å². The van der Waals surface area contributed by atoms with Gasteiger partial charge in [-0.15, -0.1) is 11.3 Å². The molecule has 1 fully saturated rings. The van der Waals surface area contributed by atoms with Gasteiger partial charge in [0.05, 0.1) is 24.4 Å². The van der Waals surface area contributed by atoms with Gasteiger partial charge in [0, 0.05) is 45.0 Å². The van der Waals surface area contributed by atoms with E-state index in [0.29, 0.717) is 30.5 Å². The number of anilines is 2. The summed E-state index contributed by atoms with van der Waals surface area (Å²) in [5.74, 6) is -0.724. The van der Waals surface area contributed by atoms with Gasteiger partial charge >= 0.3 is 6.18 Å². The maximum Gasteiger partial charge on any atom is 0.416 e. The number of thiazole rings is 1. The lowest BCUT2D eigenvalue weighted by Crippen LogP contribution is -2.47. The Morgan fingerprint density at radius 2 is 1.82 bits per heavy atom. The average molecular weight is 565 g/mol. The number of hydrogen-bond acceptors (Lipinski definition) is 10. The number of alkyl halides is 3. The summed E-state index contributed by atoms with van der Waals surface area (Å²) in [4.78, 5) is 46.2. The van der Waals surface area contributed by atoms with Crippen LogP contribution in [-0.4, -0.2) is 81.1 Å². The van der Waals surface area contributed by atoms with Crippen molar-refractivity contribution in [2.45, 2.75) is 26.1 Å². The minimum Gasteiger partial charge on any atom is -0.395 e. The largest absolute Gasteiger partial charge is 0.416 e. The van der Waals surface area contributed by atoms with Crippen LogP contribution in [0.1, 0.15) is 49.3 Å². The zero-order valence-electron chi connectivity index (χ0n) is 21.2. The molecule has 4 rings (SSSR count). The topological polar surface area (TPSA) is 136 Å². The molecule has 1 aliphatic rings. The first kappa shape index (κ1) is 28.3. The number of carbonyl (C=O) groups excluding carboxylic acids is 2. The lowest BCUT2D eigenvalue weighted by molar-refractivity contribution is -0.138. The highest BCUT2D eigenvalue weighted by atomic mass is 32.1. The number of amides is 2. The van der Waals surface area contributed by atoms with Gasteiger partial charge in [-0.25, -0.2) is 19.9 Å². The Bertz CT molecular complexity index is 1330. The molecule has 0 aliphatic carbocycles. The first-order valence-corrected chi connectivity index (χ1v) is 12.9. The van der Waals surface area contributed by atoms with Crippen LogP contribution < -0.4 is 15.5 Å². The number of aliphatic hydroxyl groups is 1. The molecule has 0 bridgehead atoms. The number of nitrogens with one attached hydrogen (secondary N) is 2. The molecule has 0 saturated carbocycles. The fraction of sp³-hybridized carbons (Fsp3) is 0.417. The van der Waals surface area contributed by atoms with Gasteiger partial charge in [-0.3, -0.25) is 14.5 Å². The summed E-state index contributed by atoms with van der Waals surface area (Å²) >= 11 is 0.997. The number of aliphatic hydroxyl groups excluding tert-OH is 1. The molecule has 15 heteroatoms. The molecule has 39 heavy (non-hydrogen) atoms. The van der Waals surface area contributed by atoms with Crippen molar-refractivity contribution < 1.29 is 27.9 Å². The van der Waals surface area contributed by atoms with E-state index in [9.17, 15) is 22.8 Å². The summed E-state index contributed by atoms with van der Waals surface area (Å²) in [5.41, 5.74) is -0.766. The van der Waals surface area contributed by atoms with Gasteiger partial charge in [0.1, 0.15) is 33.5 Å². The fourth-order valence-electron chi connectivity index (χ4n) is 3.99. The number of aryl methyl sites for hydroxylation is 1. The van der Waals surface area contributed by atoms with Crippen LogP contribution in [-0.2, 0) is 6.18 Å². The van der Waals surface area contributed by atoms with Gasteiger partial charge in [0.25, 0.3) is 11.8 Å². The van der Waals surface area contributed by atoms with Crippen LogP contribution in [0.2, 0.25) is 0 Å². The maximum atomic E-state index is 13.2. The van der Waals surface area contributed by atoms with Gasteiger partial charge in [-0.2, -0.15) is 13.2 Å². The summed E-state index contributed by atoms with van der Waals surface area (Å²) < 4.78 is 39.5. The highest BCUT2D eigenvalue weighted by Gasteiger charge is 2.33. The zero-order valence-corrected chi connectivity index (χ0v) is 22.0. The lowest BCUT2D eigenvalue weighted by Gasteiger charge is -2.35. The number of β-amino-alcohol motifs (C(OH)–C–C–N with tert-alkyl or cyclic N) is 1. The SMILES string of the molecule is Cc1cnc(NC(=O)c2cnc(C(C)NC(=O)c3cc(N4CCN(CCO)CC4)ncn3)s2)cc1C(F)(F)F. The molecule has 3 aromatic rings. The smallest absolute Gasteiger partial charge is 0.395 e. The number of rotatable bonds is 8. The zero-order chi connectivity index (χ0) is 28.2. The predicted octanol–water partition coefficient (Wildman–Crippen LogP) is 2.51. The second-order valence-corrected chi connectivity index (χ2v) is 9.97. The molecular formula is C24H27F3N8O3S. The number of piperazine rings is 1. The molecule has 4 heterocycles. The second-order valence-electron chi connectivity index (χ2n) is 8.91. The molecule has 1 unspecified atom stereocenters. The van der Waals surface area contributed by atoms with Crippen molar-refractivity contribution in [1.29, 1.82) is 0 Å². The quantitative estimate of drug-likeness (QED) is 0.377. The Labute approximate surface area is 226 Å². The van der Waals surface area contributed by atoms with Crippen LogP contribution in [0, 0.1) is 6.92 Å². The molecule has 0 aromatic carbocycles. The summed E-state index contributed by atoms with van der Waals surface area (Å²) in [5, 5.41) is 14.7. The van der Waals surface area contributed by atoms with Crippen molar-refractivity contribution in [3.05, 3.63) is 57.6 Å². The van der Waals surface area contributed by atoms with E-state index in [1.165, 1.54) is 19.4 Å². The molecular weight excluding hydrogens is 537 g/mol. The van der Waals surface area contributed by atoms with E-state index in [1.807, 2.05) is 4.90 Å². The molecule has 11 nitrogen and oxygen atoms in total. The summed E-state index contributed by atoms with van der Waals surface area (Å²) in [6.07, 6.45) is -0.915. The van der Waals surface area contributed by atoms with Crippen molar-refractivity contribution >= 4 is 34.8 Å². The Kier molecular flexibility index (Phi) is 8.72. The molecule has 1 aliphatic heterocycles. The van der Waals surface area contributed by atoms with E-state index in [2.05, 4.69) is 35.5 Å². The molecule has 1 atom stereocenters. The Hall–Kier alpha value is -3.69. The predicted molar refractivity (Wildman–Crippen MR) is 138 cm³/mol. The van der Waals surface area contributed by atoms with Gasteiger partial charge in [0.15, 0.2) is 0 Å². The minimum absolute atomic E-state index is 0.0541. The third-order valence-electron chi connectivity index (χ3n) is 6.11. The van der Waals surface area contributed by atoms with Crippen molar-refractivity contribution in [2.24, 2.45) is 0 Å². The number of nitrogens with zero attached hydrogens (tertiary/aromatic N) is 6. The molecule has 3 aromatic heterocycles. The third kappa shape index (κ3) is 7.04. The number of carbonyl (C=O) groups is 2. The van der Waals surface area contributed by atoms with E-state index < -0.39 is 29.6 Å². The van der Waals surface area contributed by atoms with Crippen LogP contribution >= 0.6 is 11.3 Å². The number of pyridine rings is 1. The Morgan fingerprint density at radius 3 is 2.51 bits per heavy atom. The van der Waals surface area contributed by atoms with E-state index in [-0.39, 0.29) is 28.6 Å².